The molecule has 0 aliphatic carbocycles. The number of nitrogens with zero attached hydrogens (tertiary/aromatic N) is 3. The highest BCUT2D eigenvalue weighted by atomic mass is 16.1. The van der Waals surface area contributed by atoms with Gasteiger partial charge in [-0.3, -0.25) is 9.78 Å². The molecule has 2 rings (SSSR count). The molecule has 0 N–H and O–H groups in total. The molecule has 0 aliphatic rings. The Hall–Kier alpha value is -1.71. The second kappa shape index (κ2) is 3.81. The predicted molar refractivity (Wildman–Crippen MR) is 58.6 cm³/mol. The molecule has 15 heavy (non-hydrogen) atoms. The molecule has 2 aromatic rings. The van der Waals surface area contributed by atoms with E-state index in [2.05, 4.69) is 23.9 Å². The topological polar surface area (TPSA) is 47.8 Å². The minimum atomic E-state index is -0.0608. The normalized spacial score (nSPS) is 11.1. The monoisotopic (exact) mass is 203 g/mol. The Bertz CT molecular complexity index is 531. The van der Waals surface area contributed by atoms with E-state index in [9.17, 15) is 4.79 Å². The van der Waals surface area contributed by atoms with E-state index < -0.39 is 0 Å². The zero-order valence-electron chi connectivity index (χ0n) is 8.84. The van der Waals surface area contributed by atoms with Crippen LogP contribution < -0.4 is 5.56 Å². The van der Waals surface area contributed by atoms with E-state index in [1.807, 2.05) is 0 Å². The number of rotatable bonds is 2. The third-order valence-corrected chi connectivity index (χ3v) is 2.16. The molecule has 78 valence electrons. The third-order valence-electron chi connectivity index (χ3n) is 2.16. The van der Waals surface area contributed by atoms with E-state index in [1.165, 1.54) is 4.68 Å². The minimum absolute atomic E-state index is 0.0608. The summed E-state index contributed by atoms with van der Waals surface area (Å²) in [6, 6.07) is 3.55. The zero-order valence-corrected chi connectivity index (χ0v) is 8.84. The fraction of sp³-hybridized carbons (Fsp3) is 0.364. The number of aromatic nitrogens is 3. The molecule has 0 spiro atoms. The third kappa shape index (κ3) is 1.88. The van der Waals surface area contributed by atoms with Crippen molar-refractivity contribution in [2.45, 2.75) is 20.4 Å². The molecule has 2 heterocycles. The van der Waals surface area contributed by atoms with Crippen molar-refractivity contribution in [1.29, 1.82) is 0 Å². The van der Waals surface area contributed by atoms with E-state index in [0.717, 1.165) is 0 Å². The summed E-state index contributed by atoms with van der Waals surface area (Å²) < 4.78 is 1.49. The molecule has 0 unspecified atom stereocenters. The molecule has 0 fully saturated rings. The molecule has 0 radical (unpaired) electrons. The summed E-state index contributed by atoms with van der Waals surface area (Å²) in [6.45, 7) is 4.76. The molecule has 0 aliphatic heterocycles. The summed E-state index contributed by atoms with van der Waals surface area (Å²) in [5.74, 6) is 0.407. The summed E-state index contributed by atoms with van der Waals surface area (Å²) in [4.78, 5) is 16.0. The van der Waals surface area contributed by atoms with Crippen molar-refractivity contribution in [3.05, 3.63) is 34.9 Å². The van der Waals surface area contributed by atoms with Gasteiger partial charge in [0.1, 0.15) is 0 Å². The van der Waals surface area contributed by atoms with E-state index >= 15 is 0 Å². The van der Waals surface area contributed by atoms with Crippen LogP contribution in [-0.2, 0) is 6.54 Å². The SMILES string of the molecule is CC(C)Cn1ncc2ncccc2c1=O. The van der Waals surface area contributed by atoms with Gasteiger partial charge in [-0.2, -0.15) is 5.10 Å². The van der Waals surface area contributed by atoms with Crippen LogP contribution in [0.1, 0.15) is 13.8 Å². The highest BCUT2D eigenvalue weighted by Crippen LogP contribution is 2.03. The Morgan fingerprint density at radius 3 is 3.00 bits per heavy atom. The lowest BCUT2D eigenvalue weighted by Gasteiger charge is -2.07. The Morgan fingerprint density at radius 2 is 2.27 bits per heavy atom. The van der Waals surface area contributed by atoms with Gasteiger partial charge in [0.2, 0.25) is 0 Å². The van der Waals surface area contributed by atoms with Gasteiger partial charge in [0.05, 0.1) is 17.1 Å². The maximum absolute atomic E-state index is 11.9. The lowest BCUT2D eigenvalue weighted by Crippen LogP contribution is -2.25. The average Bonchev–Trinajstić information content (AvgIpc) is 2.22. The molecule has 0 saturated heterocycles. The number of hydrogen-bond acceptors (Lipinski definition) is 3. The zero-order chi connectivity index (χ0) is 10.8. The second-order valence-corrected chi connectivity index (χ2v) is 3.96. The average molecular weight is 203 g/mol. The van der Waals surface area contributed by atoms with Gasteiger partial charge in [0.25, 0.3) is 5.56 Å². The Kier molecular flexibility index (Phi) is 2.49. The van der Waals surface area contributed by atoms with Crippen LogP contribution >= 0.6 is 0 Å². The summed E-state index contributed by atoms with van der Waals surface area (Å²) in [5, 5.41) is 4.72. The largest absolute Gasteiger partial charge is 0.276 e. The first-order valence-corrected chi connectivity index (χ1v) is 4.99. The van der Waals surface area contributed by atoms with E-state index in [-0.39, 0.29) is 5.56 Å². The molecule has 0 amide bonds. The standard InChI is InChI=1S/C11H13N3O/c1-8(2)7-14-11(15)9-4-3-5-12-10(9)6-13-14/h3-6,8H,7H2,1-2H3. The van der Waals surface area contributed by atoms with Gasteiger partial charge >= 0.3 is 0 Å². The highest BCUT2D eigenvalue weighted by Gasteiger charge is 2.05. The van der Waals surface area contributed by atoms with Crippen molar-refractivity contribution in [3.8, 4) is 0 Å². The highest BCUT2D eigenvalue weighted by molar-refractivity contribution is 5.75. The summed E-state index contributed by atoms with van der Waals surface area (Å²) >= 11 is 0. The molecular formula is C11H13N3O. The lowest BCUT2D eigenvalue weighted by atomic mass is 10.2. The Labute approximate surface area is 87.6 Å². The predicted octanol–water partition coefficient (Wildman–Crippen LogP) is 1.45. The van der Waals surface area contributed by atoms with Gasteiger partial charge in [-0.15, -0.1) is 0 Å². The van der Waals surface area contributed by atoms with Crippen molar-refractivity contribution in [1.82, 2.24) is 14.8 Å². The summed E-state index contributed by atoms with van der Waals surface area (Å²) in [6.07, 6.45) is 3.30. The van der Waals surface area contributed by atoms with Crippen LogP contribution in [0.4, 0.5) is 0 Å². The summed E-state index contributed by atoms with van der Waals surface area (Å²) in [5.41, 5.74) is 0.594. The van der Waals surface area contributed by atoms with Crippen LogP contribution in [-0.4, -0.2) is 14.8 Å². The first-order chi connectivity index (χ1) is 7.18. The van der Waals surface area contributed by atoms with Crippen LogP contribution in [0.25, 0.3) is 10.9 Å². The van der Waals surface area contributed by atoms with Crippen LogP contribution in [0.3, 0.4) is 0 Å². The van der Waals surface area contributed by atoms with Crippen LogP contribution in [0, 0.1) is 5.92 Å². The van der Waals surface area contributed by atoms with Crippen molar-refractivity contribution >= 4 is 10.9 Å². The van der Waals surface area contributed by atoms with Crippen molar-refractivity contribution in [2.75, 3.05) is 0 Å². The first kappa shape index (κ1) is 9.83. The molecule has 4 nitrogen and oxygen atoms in total. The van der Waals surface area contributed by atoms with Crippen molar-refractivity contribution < 1.29 is 0 Å². The molecule has 0 saturated carbocycles. The maximum atomic E-state index is 11.9. The number of hydrogen-bond donors (Lipinski definition) is 0. The van der Waals surface area contributed by atoms with Crippen LogP contribution in [0.2, 0.25) is 0 Å². The molecule has 0 bridgehead atoms. The number of fused-ring (bicyclic) bond motifs is 1. The van der Waals surface area contributed by atoms with E-state index in [0.29, 0.717) is 23.4 Å². The van der Waals surface area contributed by atoms with E-state index in [1.54, 1.807) is 24.5 Å². The summed E-state index contributed by atoms with van der Waals surface area (Å²) in [7, 11) is 0. The molecule has 4 heteroatoms. The molecular weight excluding hydrogens is 190 g/mol. The minimum Gasteiger partial charge on any atom is -0.267 e. The lowest BCUT2D eigenvalue weighted by molar-refractivity contribution is 0.466. The van der Waals surface area contributed by atoms with Gasteiger partial charge in [-0.1, -0.05) is 13.8 Å². The number of pyridine rings is 1. The Morgan fingerprint density at radius 1 is 1.47 bits per heavy atom. The van der Waals surface area contributed by atoms with Crippen molar-refractivity contribution in [3.63, 3.8) is 0 Å². The quantitative estimate of drug-likeness (QED) is 0.742. The van der Waals surface area contributed by atoms with Crippen LogP contribution in [0.15, 0.2) is 29.3 Å². The van der Waals surface area contributed by atoms with Gasteiger partial charge in [-0.25, -0.2) is 4.68 Å². The van der Waals surface area contributed by atoms with Crippen molar-refractivity contribution in [2.24, 2.45) is 5.92 Å². The first-order valence-electron chi connectivity index (χ1n) is 4.99. The second-order valence-electron chi connectivity index (χ2n) is 3.96. The fourth-order valence-corrected chi connectivity index (χ4v) is 1.49. The van der Waals surface area contributed by atoms with Gasteiger partial charge in [-0.05, 0) is 18.1 Å². The Balaban J connectivity index is 2.60. The smallest absolute Gasteiger partial charge is 0.267 e. The fourth-order valence-electron chi connectivity index (χ4n) is 1.49. The van der Waals surface area contributed by atoms with Crippen LogP contribution in [0.5, 0.6) is 0 Å². The molecule has 0 aromatic carbocycles. The van der Waals surface area contributed by atoms with Gasteiger partial charge < -0.3 is 0 Å². The van der Waals surface area contributed by atoms with Gasteiger partial charge in [0.15, 0.2) is 0 Å². The van der Waals surface area contributed by atoms with Gasteiger partial charge in [0, 0.05) is 12.7 Å². The maximum Gasteiger partial charge on any atom is 0.276 e. The molecule has 0 atom stereocenters. The van der Waals surface area contributed by atoms with E-state index in [4.69, 9.17) is 0 Å². The molecule has 2 aromatic heterocycles.